The van der Waals surface area contributed by atoms with Gasteiger partial charge in [-0.3, -0.25) is 0 Å². The van der Waals surface area contributed by atoms with Gasteiger partial charge in [0.05, 0.1) is 14.1 Å². The highest BCUT2D eigenvalue weighted by atomic mass is 14.9. The van der Waals surface area contributed by atoms with Crippen molar-refractivity contribution in [2.24, 2.45) is 10.7 Å². The van der Waals surface area contributed by atoms with Gasteiger partial charge in [0.25, 0.3) is 0 Å². The van der Waals surface area contributed by atoms with Gasteiger partial charge in [-0.05, 0) is 11.5 Å². The van der Waals surface area contributed by atoms with E-state index >= 15 is 0 Å². The summed E-state index contributed by atoms with van der Waals surface area (Å²) in [4.78, 5) is 3.96. The first-order valence-electron chi connectivity index (χ1n) is 3.07. The summed E-state index contributed by atoms with van der Waals surface area (Å²) in [5.74, 6) is 0. The molecule has 0 aliphatic rings. The minimum atomic E-state index is 0.707. The van der Waals surface area contributed by atoms with Gasteiger partial charge in [-0.2, -0.15) is 0 Å². The Bertz CT molecular complexity index is 118. The molecule has 2 N–H and O–H groups in total. The summed E-state index contributed by atoms with van der Waals surface area (Å²) >= 11 is 0. The Morgan fingerprint density at radius 2 is 2.22 bits per heavy atom. The number of hydrogen-bond donors (Lipinski definition) is 1. The Labute approximate surface area is 55.9 Å². The van der Waals surface area contributed by atoms with E-state index < -0.39 is 0 Å². The highest BCUT2D eigenvalue weighted by Crippen LogP contribution is 1.72. The lowest BCUT2D eigenvalue weighted by Gasteiger charge is -1.78. The summed E-state index contributed by atoms with van der Waals surface area (Å²) < 4.78 is 1.79. The predicted octanol–water partition coefficient (Wildman–Crippen LogP) is -0.219. The lowest BCUT2D eigenvalue weighted by Crippen LogP contribution is -2.00. The van der Waals surface area contributed by atoms with Crippen molar-refractivity contribution in [1.29, 1.82) is 0 Å². The number of rotatable bonds is 3. The van der Waals surface area contributed by atoms with E-state index in [1.807, 2.05) is 14.1 Å². The van der Waals surface area contributed by atoms with Crippen LogP contribution in [0.15, 0.2) is 4.99 Å². The van der Waals surface area contributed by atoms with Gasteiger partial charge in [-0.1, -0.05) is 0 Å². The predicted molar refractivity (Wildman–Crippen MR) is 38.1 cm³/mol. The Morgan fingerprint density at radius 1 is 1.56 bits per heavy atom. The van der Waals surface area contributed by atoms with Crippen LogP contribution >= 0.6 is 0 Å². The minimum absolute atomic E-state index is 0.707. The molecule has 3 heteroatoms. The Morgan fingerprint density at radius 3 is 2.67 bits per heavy atom. The molecule has 0 aromatic heterocycles. The van der Waals surface area contributed by atoms with Crippen molar-refractivity contribution in [2.75, 3.05) is 27.2 Å². The van der Waals surface area contributed by atoms with Crippen LogP contribution in [0.4, 0.5) is 0 Å². The molecular weight excluding hydrogens is 114 g/mol. The van der Waals surface area contributed by atoms with Gasteiger partial charge in [0.1, 0.15) is 6.54 Å². The van der Waals surface area contributed by atoms with E-state index in [0.29, 0.717) is 6.54 Å². The van der Waals surface area contributed by atoms with Crippen LogP contribution in [0.25, 0.3) is 0 Å². The second-order valence-electron chi connectivity index (χ2n) is 2.02. The van der Waals surface area contributed by atoms with Gasteiger partial charge in [0.2, 0.25) is 0 Å². The van der Waals surface area contributed by atoms with Crippen molar-refractivity contribution >= 4 is 6.01 Å². The first kappa shape index (κ1) is 8.34. The topological polar surface area (TPSA) is 41.4 Å². The number of aliphatic imine (C=N–C) groups is 1. The van der Waals surface area contributed by atoms with Crippen LogP contribution in [0.1, 0.15) is 6.42 Å². The van der Waals surface area contributed by atoms with Gasteiger partial charge in [-0.15, -0.1) is 0 Å². The second-order valence-corrected chi connectivity index (χ2v) is 2.02. The molecule has 3 nitrogen and oxygen atoms in total. The fraction of sp³-hybridized carbons (Fsp3) is 0.833. The zero-order valence-electron chi connectivity index (χ0n) is 6.09. The third-order valence-corrected chi connectivity index (χ3v) is 0.745. The summed E-state index contributed by atoms with van der Waals surface area (Å²) in [5.41, 5.74) is 5.24. The maximum Gasteiger partial charge on any atom is 0.305 e. The number of hydrogen-bond acceptors (Lipinski definition) is 2. The molecule has 0 heterocycles. The summed E-state index contributed by atoms with van der Waals surface area (Å²) in [5, 5.41) is 0. The van der Waals surface area contributed by atoms with Crippen molar-refractivity contribution < 1.29 is 4.58 Å². The van der Waals surface area contributed by atoms with Gasteiger partial charge >= 0.3 is 6.01 Å². The Hall–Kier alpha value is -0.660. The molecule has 52 valence electrons. The van der Waals surface area contributed by atoms with Crippen LogP contribution in [0.5, 0.6) is 0 Å². The van der Waals surface area contributed by atoms with Gasteiger partial charge in [-0.25, -0.2) is 4.58 Å². The van der Waals surface area contributed by atoms with E-state index in [-0.39, 0.29) is 0 Å². The quantitative estimate of drug-likeness (QED) is 0.319. The van der Waals surface area contributed by atoms with Crippen molar-refractivity contribution in [3.63, 3.8) is 0 Å². The summed E-state index contributed by atoms with van der Waals surface area (Å²) in [6.45, 7) is 1.49. The molecule has 0 saturated heterocycles. The summed E-state index contributed by atoms with van der Waals surface area (Å²) in [6.07, 6.45) is 0.945. The van der Waals surface area contributed by atoms with Crippen LogP contribution in [0, 0.1) is 0 Å². The van der Waals surface area contributed by atoms with Crippen molar-refractivity contribution in [2.45, 2.75) is 6.42 Å². The molecule has 0 radical (unpaired) electrons. The number of nitrogens with zero attached hydrogens (tertiary/aromatic N) is 2. The average Bonchev–Trinajstić information content (AvgIpc) is 1.80. The molecule has 0 unspecified atom stereocenters. The standard InChI is InChI=1S/C6H14N3/c1-9(2)6-8-5-3-4-7/h3-5,7H2,1-2H3/q+1. The molecule has 0 aliphatic heterocycles. The van der Waals surface area contributed by atoms with Crippen LogP contribution in [0.2, 0.25) is 0 Å². The smallest absolute Gasteiger partial charge is 0.305 e. The molecule has 0 bridgehead atoms. The fourth-order valence-corrected chi connectivity index (χ4v) is 0.362. The minimum Gasteiger partial charge on any atom is -0.330 e. The average molecular weight is 128 g/mol. The lowest BCUT2D eigenvalue weighted by molar-refractivity contribution is -0.457. The van der Waals surface area contributed by atoms with E-state index in [4.69, 9.17) is 5.73 Å². The largest absolute Gasteiger partial charge is 0.330 e. The first-order chi connectivity index (χ1) is 4.27. The van der Waals surface area contributed by atoms with Crippen LogP contribution in [0.3, 0.4) is 0 Å². The Balaban J connectivity index is 3.36. The van der Waals surface area contributed by atoms with Gasteiger partial charge in [0.15, 0.2) is 0 Å². The molecule has 0 aromatic carbocycles. The zero-order chi connectivity index (χ0) is 7.11. The van der Waals surface area contributed by atoms with Crippen molar-refractivity contribution in [3.05, 3.63) is 0 Å². The number of nitrogens with two attached hydrogens (primary N) is 1. The fourth-order valence-electron chi connectivity index (χ4n) is 0.362. The van der Waals surface area contributed by atoms with Gasteiger partial charge < -0.3 is 5.73 Å². The van der Waals surface area contributed by atoms with E-state index in [2.05, 4.69) is 11.0 Å². The zero-order valence-corrected chi connectivity index (χ0v) is 6.09. The van der Waals surface area contributed by atoms with Crippen LogP contribution in [-0.2, 0) is 0 Å². The molecule has 0 rings (SSSR count). The summed E-state index contributed by atoms with van der Waals surface area (Å²) in [6, 6.07) is 2.78. The molecule has 0 aromatic rings. The molecule has 9 heavy (non-hydrogen) atoms. The SMILES string of the molecule is C[N+](C)=C=NCCCN. The normalized spacial score (nSPS) is 8.33. The molecule has 0 fully saturated rings. The van der Waals surface area contributed by atoms with E-state index in [0.717, 1.165) is 13.0 Å². The van der Waals surface area contributed by atoms with Crippen LogP contribution in [-0.4, -0.2) is 37.8 Å². The molecule has 0 aliphatic carbocycles. The molecule has 0 atom stereocenters. The van der Waals surface area contributed by atoms with Gasteiger partial charge in [0, 0.05) is 6.42 Å². The first-order valence-corrected chi connectivity index (χ1v) is 3.07. The third kappa shape index (κ3) is 7.34. The van der Waals surface area contributed by atoms with Crippen LogP contribution < -0.4 is 5.73 Å². The molecule has 0 amide bonds. The van der Waals surface area contributed by atoms with Crippen molar-refractivity contribution in [1.82, 2.24) is 0 Å². The monoisotopic (exact) mass is 128 g/mol. The molecular formula is C6H14N3+. The maximum absolute atomic E-state index is 5.24. The summed E-state index contributed by atoms with van der Waals surface area (Å²) in [7, 11) is 3.79. The third-order valence-electron chi connectivity index (χ3n) is 0.745. The van der Waals surface area contributed by atoms with E-state index in [1.54, 1.807) is 4.58 Å². The van der Waals surface area contributed by atoms with E-state index in [9.17, 15) is 0 Å². The highest BCUT2D eigenvalue weighted by Gasteiger charge is 1.82. The second kappa shape index (κ2) is 5.48. The molecule has 0 spiro atoms. The highest BCUT2D eigenvalue weighted by molar-refractivity contribution is 5.33. The lowest BCUT2D eigenvalue weighted by atomic mass is 10.4. The molecule has 0 saturated carbocycles. The maximum atomic E-state index is 5.24. The van der Waals surface area contributed by atoms with Crippen molar-refractivity contribution in [3.8, 4) is 0 Å². The Kier molecular flexibility index (Phi) is 5.07. The van der Waals surface area contributed by atoms with E-state index in [1.165, 1.54) is 0 Å².